The van der Waals surface area contributed by atoms with Gasteiger partial charge in [0.25, 0.3) is 0 Å². The zero-order valence-corrected chi connectivity index (χ0v) is 24.2. The summed E-state index contributed by atoms with van der Waals surface area (Å²) in [7, 11) is -3.26. The number of methoxy groups -OCH3 is 1. The fraction of sp³-hybridized carbons (Fsp3) is 0.481. The number of rotatable bonds is 13. The number of benzene rings is 1. The van der Waals surface area contributed by atoms with Crippen LogP contribution in [0.25, 0.3) is 11.2 Å². The van der Waals surface area contributed by atoms with Gasteiger partial charge in [0.2, 0.25) is 0 Å². The Labute approximate surface area is 242 Å². The molecule has 3 aromatic rings. The lowest BCUT2D eigenvalue weighted by atomic mass is 9.98. The van der Waals surface area contributed by atoms with E-state index in [-0.39, 0.29) is 35.4 Å². The third kappa shape index (κ3) is 7.24. The summed E-state index contributed by atoms with van der Waals surface area (Å²) in [5, 5.41) is 13.0. The number of aliphatic hydroxyl groups excluding tert-OH is 1. The number of fused-ring (bicyclic) bond motifs is 1. The minimum atomic E-state index is -4.50. The molecule has 4 N–H and O–H groups in total. The van der Waals surface area contributed by atoms with Crippen LogP contribution in [-0.2, 0) is 29.9 Å². The molecule has 4 rings (SSSR count). The van der Waals surface area contributed by atoms with Crippen LogP contribution in [0.4, 0.5) is 10.2 Å². The molecule has 226 valence electrons. The number of halogens is 1. The number of carbonyl (C=O) groups excluding carboxylic acids is 1. The van der Waals surface area contributed by atoms with Crippen molar-refractivity contribution in [2.45, 2.75) is 69.4 Å². The van der Waals surface area contributed by atoms with Crippen LogP contribution < -0.4 is 15.3 Å². The largest absolute Gasteiger partial charge is 0.461 e. The van der Waals surface area contributed by atoms with Gasteiger partial charge in [-0.25, -0.2) is 9.55 Å². The van der Waals surface area contributed by atoms with E-state index in [0.717, 1.165) is 32.1 Å². The Morgan fingerprint density at radius 3 is 2.67 bits per heavy atom. The second kappa shape index (κ2) is 13.6. The number of hydrogen-bond acceptors (Lipinski definition) is 11. The first-order chi connectivity index (χ1) is 20.1. The van der Waals surface area contributed by atoms with Crippen molar-refractivity contribution in [1.82, 2.24) is 24.6 Å². The second-order valence-corrected chi connectivity index (χ2v) is 11.5. The molecular weight excluding hydrogens is 570 g/mol. The molecule has 0 amide bonds. The number of ether oxygens (including phenoxy) is 2. The molecule has 0 radical (unpaired) electrons. The van der Waals surface area contributed by atoms with Gasteiger partial charge in [0.1, 0.15) is 29.5 Å². The summed E-state index contributed by atoms with van der Waals surface area (Å²) in [6.07, 6.45) is 8.77. The summed E-state index contributed by atoms with van der Waals surface area (Å²) < 4.78 is 52.7. The molecule has 13 nitrogen and oxygen atoms in total. The molecule has 2 unspecified atom stereocenters. The van der Waals surface area contributed by atoms with Crippen LogP contribution in [0, 0.1) is 18.4 Å². The van der Waals surface area contributed by atoms with Crippen molar-refractivity contribution in [2.75, 3.05) is 19.5 Å². The number of hydrogen-bond donors (Lipinski definition) is 3. The SMILES string of the molecule is C#CC(CO)(OC)[C@H](Cn1cnc2c(N)nc(F)nc21)OP(=O)(N[C@@H](C)C(=O)OC1CCCCC1)Oc1ccccc1. The predicted octanol–water partition coefficient (Wildman–Crippen LogP) is 2.98. The first-order valence-electron chi connectivity index (χ1n) is 13.4. The van der Waals surface area contributed by atoms with E-state index in [9.17, 15) is 18.9 Å². The average Bonchev–Trinajstić information content (AvgIpc) is 3.37. The van der Waals surface area contributed by atoms with Crippen LogP contribution in [0.5, 0.6) is 5.75 Å². The molecule has 4 atom stereocenters. The van der Waals surface area contributed by atoms with E-state index in [4.69, 9.17) is 30.7 Å². The van der Waals surface area contributed by atoms with Gasteiger partial charge in [0.05, 0.1) is 19.5 Å². The van der Waals surface area contributed by atoms with Gasteiger partial charge in [-0.05, 0) is 44.7 Å². The van der Waals surface area contributed by atoms with Crippen molar-refractivity contribution in [3.8, 4) is 18.1 Å². The van der Waals surface area contributed by atoms with Gasteiger partial charge < -0.3 is 29.4 Å². The number of carbonyl (C=O) groups is 1. The van der Waals surface area contributed by atoms with E-state index >= 15 is 0 Å². The molecule has 0 bridgehead atoms. The van der Waals surface area contributed by atoms with E-state index < -0.39 is 44.1 Å². The highest BCUT2D eigenvalue weighted by molar-refractivity contribution is 7.52. The van der Waals surface area contributed by atoms with Gasteiger partial charge in [-0.2, -0.15) is 19.4 Å². The quantitative estimate of drug-likeness (QED) is 0.113. The first kappa shape index (κ1) is 31.3. The summed E-state index contributed by atoms with van der Waals surface area (Å²) in [5.74, 6) is 1.67. The molecule has 15 heteroatoms. The third-order valence-electron chi connectivity index (χ3n) is 6.96. The van der Waals surface area contributed by atoms with Crippen molar-refractivity contribution < 1.29 is 37.4 Å². The minimum absolute atomic E-state index is 0.00948. The van der Waals surface area contributed by atoms with Gasteiger partial charge in [-0.1, -0.05) is 30.5 Å². The zero-order valence-electron chi connectivity index (χ0n) is 23.3. The Kier molecular flexibility index (Phi) is 10.1. The van der Waals surface area contributed by atoms with Crippen LogP contribution in [0.15, 0.2) is 36.7 Å². The predicted molar refractivity (Wildman–Crippen MR) is 150 cm³/mol. The highest BCUT2D eigenvalue weighted by atomic mass is 31.2. The molecule has 0 aliphatic heterocycles. The second-order valence-electron chi connectivity index (χ2n) is 9.89. The number of para-hydroxylation sites is 1. The number of imidazole rings is 1. The van der Waals surface area contributed by atoms with Crippen molar-refractivity contribution in [1.29, 1.82) is 0 Å². The fourth-order valence-electron chi connectivity index (χ4n) is 4.62. The standard InChI is InChI=1S/C27H34FN6O7P/c1-4-27(16-35,38-3)21(15-34-17-30-22-23(29)31-26(28)32-24(22)34)41-42(37,40-20-13-9-6-10-14-20)33-18(2)25(36)39-19-11-7-5-8-12-19/h1,6,9-10,13-14,17-19,21,35H,5,7-8,11-12,15-16H2,2-3H3,(H,33,37)(H2,29,31,32)/t18-,21-,27?,42?/m0/s1. The Morgan fingerprint density at radius 1 is 1.31 bits per heavy atom. The van der Waals surface area contributed by atoms with Crippen LogP contribution in [-0.4, -0.2) is 68.2 Å². The molecule has 1 aliphatic carbocycles. The molecule has 1 aliphatic rings. The van der Waals surface area contributed by atoms with Gasteiger partial charge in [-0.15, -0.1) is 6.42 Å². The maximum atomic E-state index is 14.4. The van der Waals surface area contributed by atoms with E-state index in [0.29, 0.717) is 0 Å². The molecule has 2 heterocycles. The molecule has 0 spiro atoms. The Bertz CT molecular complexity index is 1460. The minimum Gasteiger partial charge on any atom is -0.461 e. The summed E-state index contributed by atoms with van der Waals surface area (Å²) in [6, 6.07) is 7.00. The van der Waals surface area contributed by atoms with E-state index in [1.165, 1.54) is 24.9 Å². The van der Waals surface area contributed by atoms with E-state index in [1.807, 2.05) is 0 Å². The van der Waals surface area contributed by atoms with Gasteiger partial charge in [0.15, 0.2) is 17.1 Å². The molecule has 1 aromatic carbocycles. The smallest absolute Gasteiger partial charge is 0.459 e. The topological polar surface area (TPSA) is 173 Å². The summed E-state index contributed by atoms with van der Waals surface area (Å²) in [6.45, 7) is 0.385. The number of nitrogens with one attached hydrogen (secondary N) is 1. The third-order valence-corrected chi connectivity index (χ3v) is 8.65. The number of esters is 1. The Morgan fingerprint density at radius 2 is 2.02 bits per heavy atom. The van der Waals surface area contributed by atoms with Crippen molar-refractivity contribution >= 4 is 30.7 Å². The normalized spacial score (nSPS) is 18.4. The van der Waals surface area contributed by atoms with E-state index in [1.54, 1.807) is 30.3 Å². The molecule has 1 saturated carbocycles. The zero-order chi connectivity index (χ0) is 30.3. The first-order valence-corrected chi connectivity index (χ1v) is 14.9. The van der Waals surface area contributed by atoms with Gasteiger partial charge in [0, 0.05) is 7.11 Å². The van der Waals surface area contributed by atoms with Gasteiger partial charge >= 0.3 is 19.8 Å². The fourth-order valence-corrected chi connectivity index (χ4v) is 6.32. The van der Waals surface area contributed by atoms with Crippen LogP contribution in [0.1, 0.15) is 39.0 Å². The number of aromatic nitrogens is 4. The molecular formula is C27H34FN6O7P. The Hall–Kier alpha value is -3.60. The number of nitrogens with zero attached hydrogens (tertiary/aromatic N) is 4. The summed E-state index contributed by atoms with van der Waals surface area (Å²) >= 11 is 0. The lowest BCUT2D eigenvalue weighted by molar-refractivity contribution is -0.152. The maximum Gasteiger partial charge on any atom is 0.459 e. The molecule has 1 fully saturated rings. The highest BCUT2D eigenvalue weighted by Gasteiger charge is 2.45. The molecule has 0 saturated heterocycles. The lowest BCUT2D eigenvalue weighted by Gasteiger charge is -2.36. The van der Waals surface area contributed by atoms with Crippen LogP contribution in [0.2, 0.25) is 0 Å². The number of nitrogens with two attached hydrogens (primary N) is 1. The molecule has 42 heavy (non-hydrogen) atoms. The van der Waals surface area contributed by atoms with Crippen molar-refractivity contribution in [3.05, 3.63) is 42.7 Å². The van der Waals surface area contributed by atoms with Crippen molar-refractivity contribution in [3.63, 3.8) is 0 Å². The number of anilines is 1. The number of nitrogen functional groups attached to an aromatic ring is 1. The maximum absolute atomic E-state index is 14.4. The van der Waals surface area contributed by atoms with Gasteiger partial charge in [-0.3, -0.25) is 9.32 Å². The molecule has 2 aromatic heterocycles. The average molecular weight is 605 g/mol. The summed E-state index contributed by atoms with van der Waals surface area (Å²) in [5.41, 5.74) is 4.00. The summed E-state index contributed by atoms with van der Waals surface area (Å²) in [4.78, 5) is 24.3. The van der Waals surface area contributed by atoms with Crippen LogP contribution >= 0.6 is 7.75 Å². The van der Waals surface area contributed by atoms with Crippen molar-refractivity contribution in [2.24, 2.45) is 0 Å². The van der Waals surface area contributed by atoms with Crippen LogP contribution in [0.3, 0.4) is 0 Å². The number of terminal acetylenes is 1. The lowest BCUT2D eigenvalue weighted by Crippen LogP contribution is -2.50. The Balaban J connectivity index is 1.68. The number of aliphatic hydroxyl groups is 1. The monoisotopic (exact) mass is 604 g/mol. The van der Waals surface area contributed by atoms with E-state index in [2.05, 4.69) is 26.0 Å². The highest BCUT2D eigenvalue weighted by Crippen LogP contribution is 2.48.